The van der Waals surface area contributed by atoms with Crippen LogP contribution in [0.4, 0.5) is 0 Å². The normalized spacial score (nSPS) is 10.6. The molecule has 130 valence electrons. The van der Waals surface area contributed by atoms with E-state index in [1.807, 2.05) is 24.4 Å². The van der Waals surface area contributed by atoms with Gasteiger partial charge in [-0.3, -0.25) is 9.59 Å². The monoisotopic (exact) mass is 359 g/mol. The number of nitrogens with one attached hydrogen (secondary N) is 2. The van der Waals surface area contributed by atoms with Crippen molar-refractivity contribution < 1.29 is 18.5 Å². The SMILES string of the molecule is Cc1noc(C)c1-c1ccc(CNC(=O)C(=O)NCc2cccs2)o1. The van der Waals surface area contributed by atoms with E-state index in [2.05, 4.69) is 15.8 Å². The summed E-state index contributed by atoms with van der Waals surface area (Å²) in [5.74, 6) is 0.435. The fraction of sp³-hybridized carbons (Fsp3) is 0.235. The van der Waals surface area contributed by atoms with Gasteiger partial charge in [-0.15, -0.1) is 11.3 Å². The highest BCUT2D eigenvalue weighted by atomic mass is 32.1. The van der Waals surface area contributed by atoms with Crippen molar-refractivity contribution in [1.29, 1.82) is 0 Å². The van der Waals surface area contributed by atoms with Gasteiger partial charge in [-0.05, 0) is 37.4 Å². The van der Waals surface area contributed by atoms with E-state index < -0.39 is 11.8 Å². The molecule has 0 unspecified atom stereocenters. The van der Waals surface area contributed by atoms with Crippen LogP contribution in [-0.4, -0.2) is 17.0 Å². The fourth-order valence-corrected chi connectivity index (χ4v) is 3.00. The molecule has 0 saturated carbocycles. The molecule has 8 heteroatoms. The molecule has 0 aliphatic rings. The Balaban J connectivity index is 1.53. The third-order valence-electron chi connectivity index (χ3n) is 3.57. The van der Waals surface area contributed by atoms with E-state index in [1.54, 1.807) is 19.1 Å². The molecular formula is C17H17N3O4S. The topological polar surface area (TPSA) is 97.4 Å². The van der Waals surface area contributed by atoms with E-state index in [0.717, 1.165) is 16.1 Å². The van der Waals surface area contributed by atoms with Crippen LogP contribution in [0.5, 0.6) is 0 Å². The first-order valence-electron chi connectivity index (χ1n) is 7.65. The Bertz CT molecular complexity index is 860. The number of nitrogens with zero attached hydrogens (tertiary/aromatic N) is 1. The summed E-state index contributed by atoms with van der Waals surface area (Å²) >= 11 is 1.52. The molecule has 0 spiro atoms. The van der Waals surface area contributed by atoms with Gasteiger partial charge in [-0.25, -0.2) is 0 Å². The van der Waals surface area contributed by atoms with Gasteiger partial charge < -0.3 is 19.6 Å². The van der Waals surface area contributed by atoms with Gasteiger partial charge in [0.2, 0.25) is 0 Å². The maximum atomic E-state index is 11.8. The molecule has 2 amide bonds. The smallest absolute Gasteiger partial charge is 0.309 e. The largest absolute Gasteiger partial charge is 0.459 e. The van der Waals surface area contributed by atoms with Crippen LogP contribution >= 0.6 is 11.3 Å². The average molecular weight is 359 g/mol. The highest BCUT2D eigenvalue weighted by molar-refractivity contribution is 7.09. The molecule has 0 aliphatic heterocycles. The van der Waals surface area contributed by atoms with E-state index in [0.29, 0.717) is 23.8 Å². The van der Waals surface area contributed by atoms with Gasteiger partial charge in [-0.1, -0.05) is 11.2 Å². The number of carbonyl (C=O) groups excluding carboxylic acids is 2. The molecule has 3 rings (SSSR count). The Kier molecular flexibility index (Phi) is 4.99. The van der Waals surface area contributed by atoms with Crippen molar-refractivity contribution in [3.05, 3.63) is 51.7 Å². The maximum absolute atomic E-state index is 11.8. The predicted molar refractivity (Wildman–Crippen MR) is 91.7 cm³/mol. The molecule has 25 heavy (non-hydrogen) atoms. The summed E-state index contributed by atoms with van der Waals surface area (Å²) in [5, 5.41) is 10.9. The molecule has 0 saturated heterocycles. The zero-order chi connectivity index (χ0) is 17.8. The van der Waals surface area contributed by atoms with Crippen molar-refractivity contribution in [3.63, 3.8) is 0 Å². The third-order valence-corrected chi connectivity index (χ3v) is 4.45. The summed E-state index contributed by atoms with van der Waals surface area (Å²) in [4.78, 5) is 24.6. The van der Waals surface area contributed by atoms with Crippen LogP contribution in [0.3, 0.4) is 0 Å². The van der Waals surface area contributed by atoms with E-state index in [-0.39, 0.29) is 6.54 Å². The van der Waals surface area contributed by atoms with Crippen LogP contribution < -0.4 is 10.6 Å². The third kappa shape index (κ3) is 3.97. The average Bonchev–Trinajstić information content (AvgIpc) is 3.32. The molecular weight excluding hydrogens is 342 g/mol. The summed E-state index contributed by atoms with van der Waals surface area (Å²) < 4.78 is 10.8. The first-order chi connectivity index (χ1) is 12.0. The number of hydrogen-bond donors (Lipinski definition) is 2. The van der Waals surface area contributed by atoms with E-state index in [9.17, 15) is 9.59 Å². The van der Waals surface area contributed by atoms with E-state index >= 15 is 0 Å². The van der Waals surface area contributed by atoms with Gasteiger partial charge in [0.1, 0.15) is 17.3 Å². The van der Waals surface area contributed by atoms with Crippen LogP contribution in [0.25, 0.3) is 11.3 Å². The number of amides is 2. The minimum Gasteiger partial charge on any atom is -0.459 e. The van der Waals surface area contributed by atoms with Crippen molar-refractivity contribution in [1.82, 2.24) is 15.8 Å². The lowest BCUT2D eigenvalue weighted by Crippen LogP contribution is -2.39. The molecule has 0 aliphatic carbocycles. The lowest BCUT2D eigenvalue weighted by Gasteiger charge is -2.04. The Morgan fingerprint density at radius 3 is 2.52 bits per heavy atom. The van der Waals surface area contributed by atoms with Crippen LogP contribution in [0.2, 0.25) is 0 Å². The molecule has 0 bridgehead atoms. The van der Waals surface area contributed by atoms with E-state index in [4.69, 9.17) is 8.94 Å². The zero-order valence-corrected chi connectivity index (χ0v) is 14.6. The predicted octanol–water partition coefficient (Wildman–Crippen LogP) is 2.55. The zero-order valence-electron chi connectivity index (χ0n) is 13.8. The van der Waals surface area contributed by atoms with Gasteiger partial charge in [-0.2, -0.15) is 0 Å². The standard InChI is InChI=1S/C17H17N3O4S/c1-10-15(11(2)24-20-10)14-6-5-12(23-14)8-18-16(21)17(22)19-9-13-4-3-7-25-13/h3-7H,8-9H2,1-2H3,(H,18,21)(H,19,22). The molecule has 2 N–H and O–H groups in total. The molecule has 3 heterocycles. The minimum atomic E-state index is -0.702. The summed E-state index contributed by atoms with van der Waals surface area (Å²) in [5.41, 5.74) is 1.53. The van der Waals surface area contributed by atoms with Gasteiger partial charge in [0, 0.05) is 4.88 Å². The Morgan fingerprint density at radius 1 is 1.12 bits per heavy atom. The lowest BCUT2D eigenvalue weighted by atomic mass is 10.1. The minimum absolute atomic E-state index is 0.120. The Labute approximate surface area is 148 Å². The highest BCUT2D eigenvalue weighted by Gasteiger charge is 2.17. The van der Waals surface area contributed by atoms with Gasteiger partial charge in [0.25, 0.3) is 0 Å². The lowest BCUT2D eigenvalue weighted by molar-refractivity contribution is -0.139. The van der Waals surface area contributed by atoms with Gasteiger partial charge >= 0.3 is 11.8 Å². The number of rotatable bonds is 5. The summed E-state index contributed by atoms with van der Waals surface area (Å²) in [7, 11) is 0. The van der Waals surface area contributed by atoms with E-state index in [1.165, 1.54) is 11.3 Å². The molecule has 7 nitrogen and oxygen atoms in total. The maximum Gasteiger partial charge on any atom is 0.309 e. The number of aromatic nitrogens is 1. The fourth-order valence-electron chi connectivity index (χ4n) is 2.35. The first kappa shape index (κ1) is 17.0. The highest BCUT2D eigenvalue weighted by Crippen LogP contribution is 2.28. The second-order valence-electron chi connectivity index (χ2n) is 5.41. The number of thiophene rings is 1. The Hall–Kier alpha value is -2.87. The van der Waals surface area contributed by atoms with Crippen LogP contribution in [-0.2, 0) is 22.7 Å². The second-order valence-corrected chi connectivity index (χ2v) is 6.44. The van der Waals surface area contributed by atoms with Crippen LogP contribution in [0.15, 0.2) is 38.6 Å². The summed E-state index contributed by atoms with van der Waals surface area (Å²) in [6.45, 7) is 4.08. The number of carbonyl (C=O) groups is 2. The van der Waals surface area contributed by atoms with Gasteiger partial charge in [0.05, 0.1) is 24.3 Å². The second kappa shape index (κ2) is 7.35. The molecule has 0 aromatic carbocycles. The Morgan fingerprint density at radius 2 is 1.88 bits per heavy atom. The number of aryl methyl sites for hydroxylation is 2. The van der Waals surface area contributed by atoms with Crippen LogP contribution in [0, 0.1) is 13.8 Å². The molecule has 0 radical (unpaired) electrons. The molecule has 3 aromatic rings. The molecule has 0 atom stereocenters. The quantitative estimate of drug-likeness (QED) is 0.682. The van der Waals surface area contributed by atoms with Crippen molar-refractivity contribution in [2.24, 2.45) is 0 Å². The number of hydrogen-bond acceptors (Lipinski definition) is 6. The van der Waals surface area contributed by atoms with Crippen molar-refractivity contribution in [2.75, 3.05) is 0 Å². The van der Waals surface area contributed by atoms with Gasteiger partial charge in [0.15, 0.2) is 0 Å². The summed E-state index contributed by atoms with van der Waals surface area (Å²) in [6.07, 6.45) is 0. The van der Waals surface area contributed by atoms with Crippen LogP contribution in [0.1, 0.15) is 22.1 Å². The van der Waals surface area contributed by atoms with Crippen molar-refractivity contribution in [3.8, 4) is 11.3 Å². The first-order valence-corrected chi connectivity index (χ1v) is 8.53. The molecule has 0 fully saturated rings. The molecule has 3 aromatic heterocycles. The summed E-state index contributed by atoms with van der Waals surface area (Å²) in [6, 6.07) is 7.30. The number of furan rings is 1. The van der Waals surface area contributed by atoms with Crippen molar-refractivity contribution >= 4 is 23.2 Å². The van der Waals surface area contributed by atoms with Crippen molar-refractivity contribution in [2.45, 2.75) is 26.9 Å².